The lowest BCUT2D eigenvalue weighted by atomic mass is 9.91. The Balaban J connectivity index is 2.99. The summed E-state index contributed by atoms with van der Waals surface area (Å²) < 4.78 is 17.1. The van der Waals surface area contributed by atoms with Crippen LogP contribution in [0.15, 0.2) is 12.2 Å². The van der Waals surface area contributed by atoms with Gasteiger partial charge in [0.15, 0.2) is 5.79 Å². The Morgan fingerprint density at radius 2 is 2.04 bits per heavy atom. The molecule has 132 valence electrons. The van der Waals surface area contributed by atoms with Crippen molar-refractivity contribution in [3.05, 3.63) is 12.2 Å². The molecule has 0 bridgehead atoms. The molecular weight excluding hydrogens is 298 g/mol. The number of allylic oxidation sites excluding steroid dienone is 1. The van der Waals surface area contributed by atoms with E-state index >= 15 is 0 Å². The molecule has 0 saturated carbocycles. The number of carbonyl (C=O) groups is 2. The van der Waals surface area contributed by atoms with E-state index in [0.29, 0.717) is 6.61 Å². The van der Waals surface area contributed by atoms with Gasteiger partial charge in [-0.2, -0.15) is 0 Å². The molecule has 0 aliphatic carbocycles. The van der Waals surface area contributed by atoms with Crippen molar-refractivity contribution in [2.75, 3.05) is 20.7 Å². The number of esters is 1. The Labute approximate surface area is 138 Å². The van der Waals surface area contributed by atoms with Crippen molar-refractivity contribution in [3.8, 4) is 0 Å². The first-order chi connectivity index (χ1) is 10.7. The summed E-state index contributed by atoms with van der Waals surface area (Å²) in [7, 11) is 3.41. The fourth-order valence-electron chi connectivity index (χ4n) is 2.46. The largest absolute Gasteiger partial charge is 0.458 e. The van der Waals surface area contributed by atoms with E-state index in [9.17, 15) is 9.59 Å². The van der Waals surface area contributed by atoms with Crippen LogP contribution in [-0.4, -0.2) is 55.5 Å². The molecule has 1 rings (SSSR count). The minimum absolute atomic E-state index is 0.0367. The first kappa shape index (κ1) is 19.6. The molecule has 1 aliphatic heterocycles. The van der Waals surface area contributed by atoms with Gasteiger partial charge < -0.3 is 19.1 Å². The summed E-state index contributed by atoms with van der Waals surface area (Å²) >= 11 is 0. The Morgan fingerprint density at radius 3 is 2.48 bits per heavy atom. The Kier molecular flexibility index (Phi) is 7.22. The summed E-state index contributed by atoms with van der Waals surface area (Å²) in [5.74, 6) is -1.32. The van der Waals surface area contributed by atoms with E-state index in [2.05, 4.69) is 0 Å². The van der Waals surface area contributed by atoms with Gasteiger partial charge in [0.2, 0.25) is 5.91 Å². The van der Waals surface area contributed by atoms with Crippen LogP contribution in [0.25, 0.3) is 0 Å². The van der Waals surface area contributed by atoms with Crippen LogP contribution in [0.3, 0.4) is 0 Å². The van der Waals surface area contributed by atoms with Gasteiger partial charge in [-0.25, -0.2) is 0 Å². The summed E-state index contributed by atoms with van der Waals surface area (Å²) in [5, 5.41) is 0. The van der Waals surface area contributed by atoms with E-state index in [1.165, 1.54) is 4.90 Å². The molecule has 6 nitrogen and oxygen atoms in total. The topological polar surface area (TPSA) is 65.1 Å². The lowest BCUT2D eigenvalue weighted by Crippen LogP contribution is -2.40. The Bertz CT molecular complexity index is 444. The maximum Gasteiger partial charge on any atom is 0.306 e. The van der Waals surface area contributed by atoms with Gasteiger partial charge >= 0.3 is 5.97 Å². The molecule has 1 fully saturated rings. The van der Waals surface area contributed by atoms with Crippen molar-refractivity contribution in [1.82, 2.24) is 4.90 Å². The average Bonchev–Trinajstić information content (AvgIpc) is 2.83. The second-order valence-electron chi connectivity index (χ2n) is 6.36. The zero-order valence-corrected chi connectivity index (χ0v) is 15.0. The zero-order chi connectivity index (χ0) is 17.6. The zero-order valence-electron chi connectivity index (χ0n) is 15.0. The van der Waals surface area contributed by atoms with Gasteiger partial charge in [-0.15, -0.1) is 0 Å². The Morgan fingerprint density at radius 1 is 1.39 bits per heavy atom. The van der Waals surface area contributed by atoms with Gasteiger partial charge in [0.1, 0.15) is 6.10 Å². The Hall–Kier alpha value is -1.40. The molecule has 0 spiro atoms. The van der Waals surface area contributed by atoms with Crippen molar-refractivity contribution in [3.63, 3.8) is 0 Å². The molecule has 1 saturated heterocycles. The highest BCUT2D eigenvalue weighted by Crippen LogP contribution is 2.32. The molecule has 0 aromatic carbocycles. The lowest BCUT2D eigenvalue weighted by molar-refractivity contribution is -0.162. The lowest BCUT2D eigenvalue weighted by Gasteiger charge is -2.30. The third-order valence-electron chi connectivity index (χ3n) is 3.78. The highest BCUT2D eigenvalue weighted by atomic mass is 16.7. The van der Waals surface area contributed by atoms with Gasteiger partial charge in [-0.3, -0.25) is 9.59 Å². The molecule has 0 aromatic heterocycles. The molecule has 3 atom stereocenters. The first-order valence-corrected chi connectivity index (χ1v) is 8.04. The SMILES string of the molecule is C/C=C/[C@@H](OC(=O)CC)[C@@H](CC(=O)N(C)C)[C@H]1COC(C)(C)O1. The number of ether oxygens (including phenoxy) is 3. The van der Waals surface area contributed by atoms with E-state index in [1.807, 2.05) is 26.8 Å². The molecule has 0 radical (unpaired) electrons. The van der Waals surface area contributed by atoms with Gasteiger partial charge in [0.05, 0.1) is 12.7 Å². The van der Waals surface area contributed by atoms with Crippen molar-refractivity contribution >= 4 is 11.9 Å². The van der Waals surface area contributed by atoms with E-state index in [4.69, 9.17) is 14.2 Å². The predicted molar refractivity (Wildman–Crippen MR) is 86.7 cm³/mol. The fraction of sp³-hybridized carbons (Fsp3) is 0.765. The molecule has 1 amide bonds. The monoisotopic (exact) mass is 327 g/mol. The summed E-state index contributed by atoms with van der Waals surface area (Å²) in [6.07, 6.45) is 3.31. The van der Waals surface area contributed by atoms with Crippen LogP contribution in [0, 0.1) is 5.92 Å². The van der Waals surface area contributed by atoms with Crippen molar-refractivity contribution < 1.29 is 23.8 Å². The van der Waals surface area contributed by atoms with Gasteiger partial charge in [-0.05, 0) is 26.8 Å². The molecule has 0 aromatic rings. The third-order valence-corrected chi connectivity index (χ3v) is 3.78. The maximum absolute atomic E-state index is 12.2. The summed E-state index contributed by atoms with van der Waals surface area (Å²) in [5.41, 5.74) is 0. The molecule has 1 aliphatic rings. The van der Waals surface area contributed by atoms with Crippen molar-refractivity contribution in [1.29, 1.82) is 0 Å². The molecular formula is C17H29NO5. The van der Waals surface area contributed by atoms with Crippen molar-refractivity contribution in [2.45, 2.75) is 58.5 Å². The molecule has 23 heavy (non-hydrogen) atoms. The number of nitrogens with zero attached hydrogens (tertiary/aromatic N) is 1. The number of amides is 1. The van der Waals surface area contributed by atoms with Crippen LogP contribution in [0.4, 0.5) is 0 Å². The van der Waals surface area contributed by atoms with Crippen LogP contribution in [0.5, 0.6) is 0 Å². The summed E-state index contributed by atoms with van der Waals surface area (Å²) in [6.45, 7) is 7.64. The number of hydrogen-bond donors (Lipinski definition) is 0. The van der Waals surface area contributed by atoms with Crippen LogP contribution in [-0.2, 0) is 23.8 Å². The van der Waals surface area contributed by atoms with E-state index in [0.717, 1.165) is 0 Å². The normalized spacial score (nSPS) is 22.8. The molecule has 0 unspecified atom stereocenters. The van der Waals surface area contributed by atoms with Crippen LogP contribution >= 0.6 is 0 Å². The number of carbonyl (C=O) groups excluding carboxylic acids is 2. The minimum atomic E-state index is -0.695. The smallest absolute Gasteiger partial charge is 0.306 e. The van der Waals surface area contributed by atoms with E-state index in [1.54, 1.807) is 27.1 Å². The minimum Gasteiger partial charge on any atom is -0.458 e. The van der Waals surface area contributed by atoms with Crippen LogP contribution < -0.4 is 0 Å². The fourth-order valence-corrected chi connectivity index (χ4v) is 2.46. The second-order valence-corrected chi connectivity index (χ2v) is 6.36. The maximum atomic E-state index is 12.2. The number of hydrogen-bond acceptors (Lipinski definition) is 5. The third kappa shape index (κ3) is 5.95. The summed E-state index contributed by atoms with van der Waals surface area (Å²) in [6, 6.07) is 0. The van der Waals surface area contributed by atoms with Gasteiger partial charge in [-0.1, -0.05) is 13.0 Å². The van der Waals surface area contributed by atoms with Gasteiger partial charge in [0, 0.05) is 32.9 Å². The van der Waals surface area contributed by atoms with Crippen molar-refractivity contribution in [2.24, 2.45) is 5.92 Å². The number of rotatable bonds is 7. The van der Waals surface area contributed by atoms with Gasteiger partial charge in [0.25, 0.3) is 0 Å². The predicted octanol–water partition coefficient (Wildman–Crippen LogP) is 2.13. The van der Waals surface area contributed by atoms with E-state index < -0.39 is 11.9 Å². The van der Waals surface area contributed by atoms with Crippen LogP contribution in [0.2, 0.25) is 0 Å². The molecule has 6 heteroatoms. The van der Waals surface area contributed by atoms with E-state index in [-0.39, 0.29) is 36.7 Å². The summed E-state index contributed by atoms with van der Waals surface area (Å²) in [4.78, 5) is 25.5. The first-order valence-electron chi connectivity index (χ1n) is 8.04. The standard InChI is InChI=1S/C17H29NO5/c1-7-9-13(22-16(20)8-2)12(10-15(19)18(5)6)14-11-21-17(3,4)23-14/h7,9,12-14H,8,10-11H2,1-6H3/b9-7+/t12-,13-,14-/m1/s1. The quantitative estimate of drug-likeness (QED) is 0.529. The molecule has 0 N–H and O–H groups in total. The second kappa shape index (κ2) is 8.45. The highest BCUT2D eigenvalue weighted by molar-refractivity contribution is 5.76. The van der Waals surface area contributed by atoms with Crippen LogP contribution in [0.1, 0.15) is 40.5 Å². The average molecular weight is 327 g/mol. The molecule has 1 heterocycles. The highest BCUT2D eigenvalue weighted by Gasteiger charge is 2.42.